The molecule has 1 aromatic rings. The molecule has 0 aliphatic heterocycles. The van der Waals surface area contributed by atoms with Crippen LogP contribution in [0.5, 0.6) is 5.75 Å². The van der Waals surface area contributed by atoms with Crippen molar-refractivity contribution in [3.05, 3.63) is 29.8 Å². The van der Waals surface area contributed by atoms with Crippen LogP contribution in [0, 0.1) is 0 Å². The molecular formula is C16H26F2N2O. The molecule has 1 aromatic carbocycles. The van der Waals surface area contributed by atoms with Gasteiger partial charge < -0.3 is 15.0 Å². The summed E-state index contributed by atoms with van der Waals surface area (Å²) in [5.74, 6) is 0.208. The van der Waals surface area contributed by atoms with Crippen molar-refractivity contribution in [2.24, 2.45) is 0 Å². The van der Waals surface area contributed by atoms with E-state index < -0.39 is 6.61 Å². The SMILES string of the molecule is CC(CCc1ccc(OC(F)F)cc1)NCC(C)N(C)C. The minimum Gasteiger partial charge on any atom is -0.435 e. The molecule has 0 amide bonds. The maximum absolute atomic E-state index is 12.0. The molecule has 1 rings (SSSR count). The Balaban J connectivity index is 2.31. The summed E-state index contributed by atoms with van der Waals surface area (Å²) >= 11 is 0. The molecule has 0 aliphatic rings. The molecule has 2 atom stereocenters. The summed E-state index contributed by atoms with van der Waals surface area (Å²) in [4.78, 5) is 2.18. The van der Waals surface area contributed by atoms with Crippen molar-refractivity contribution in [1.29, 1.82) is 0 Å². The quantitative estimate of drug-likeness (QED) is 0.758. The van der Waals surface area contributed by atoms with E-state index in [0.29, 0.717) is 12.1 Å². The van der Waals surface area contributed by atoms with Crippen LogP contribution in [0.1, 0.15) is 25.8 Å². The number of benzene rings is 1. The molecule has 5 heteroatoms. The number of alkyl halides is 2. The van der Waals surface area contributed by atoms with Gasteiger partial charge in [0.25, 0.3) is 0 Å². The van der Waals surface area contributed by atoms with Gasteiger partial charge in [-0.1, -0.05) is 12.1 Å². The predicted molar refractivity (Wildman–Crippen MR) is 82.0 cm³/mol. The Morgan fingerprint density at radius 1 is 1.14 bits per heavy atom. The number of halogens is 2. The second-order valence-electron chi connectivity index (χ2n) is 5.68. The second-order valence-corrected chi connectivity index (χ2v) is 5.68. The third-order valence-electron chi connectivity index (χ3n) is 3.66. The Bertz CT molecular complexity index is 396. The Labute approximate surface area is 126 Å². The Morgan fingerprint density at radius 3 is 2.29 bits per heavy atom. The van der Waals surface area contributed by atoms with Crippen molar-refractivity contribution in [2.45, 2.75) is 45.4 Å². The predicted octanol–water partition coefficient (Wildman–Crippen LogP) is 3.15. The van der Waals surface area contributed by atoms with Gasteiger partial charge in [0.1, 0.15) is 5.75 Å². The number of aryl methyl sites for hydroxylation is 1. The van der Waals surface area contributed by atoms with Crippen molar-refractivity contribution in [3.8, 4) is 5.75 Å². The first-order valence-corrected chi connectivity index (χ1v) is 7.32. The van der Waals surface area contributed by atoms with Crippen molar-refractivity contribution >= 4 is 0 Å². The van der Waals surface area contributed by atoms with Gasteiger partial charge in [-0.2, -0.15) is 8.78 Å². The van der Waals surface area contributed by atoms with E-state index in [-0.39, 0.29) is 5.75 Å². The minimum absolute atomic E-state index is 0.208. The lowest BCUT2D eigenvalue weighted by Crippen LogP contribution is -2.39. The van der Waals surface area contributed by atoms with E-state index in [0.717, 1.165) is 24.9 Å². The van der Waals surface area contributed by atoms with Gasteiger partial charge in [-0.25, -0.2) is 0 Å². The summed E-state index contributed by atoms with van der Waals surface area (Å²) < 4.78 is 28.4. The number of hydrogen-bond donors (Lipinski definition) is 1. The van der Waals surface area contributed by atoms with Gasteiger partial charge in [0.05, 0.1) is 0 Å². The molecule has 0 spiro atoms. The molecule has 21 heavy (non-hydrogen) atoms. The number of nitrogens with zero attached hydrogens (tertiary/aromatic N) is 1. The summed E-state index contributed by atoms with van der Waals surface area (Å²) in [6.45, 7) is 2.53. The zero-order chi connectivity index (χ0) is 15.8. The average Bonchev–Trinajstić information content (AvgIpc) is 2.43. The number of hydrogen-bond acceptors (Lipinski definition) is 3. The Morgan fingerprint density at radius 2 is 1.76 bits per heavy atom. The van der Waals surface area contributed by atoms with Gasteiger partial charge in [0.15, 0.2) is 0 Å². The third kappa shape index (κ3) is 7.39. The van der Waals surface area contributed by atoms with E-state index >= 15 is 0 Å². The molecule has 1 N–H and O–H groups in total. The number of ether oxygens (including phenoxy) is 1. The van der Waals surface area contributed by atoms with Crippen molar-refractivity contribution in [1.82, 2.24) is 10.2 Å². The molecule has 0 saturated carbocycles. The summed E-state index contributed by atoms with van der Waals surface area (Å²) in [6, 6.07) is 7.78. The molecule has 2 unspecified atom stereocenters. The first-order chi connectivity index (χ1) is 9.88. The topological polar surface area (TPSA) is 24.5 Å². The van der Waals surface area contributed by atoms with E-state index in [2.05, 4.69) is 42.9 Å². The standard InChI is InChI=1S/C16H26F2N2O/c1-12(19-11-13(2)20(3)4)5-6-14-7-9-15(10-8-14)21-16(17)18/h7-10,12-13,16,19H,5-6,11H2,1-4H3. The molecule has 3 nitrogen and oxygen atoms in total. The first kappa shape index (κ1) is 17.9. The fourth-order valence-electron chi connectivity index (χ4n) is 1.88. The summed E-state index contributed by atoms with van der Waals surface area (Å²) in [5.41, 5.74) is 1.13. The largest absolute Gasteiger partial charge is 0.435 e. The zero-order valence-electron chi connectivity index (χ0n) is 13.3. The molecule has 0 saturated heterocycles. The lowest BCUT2D eigenvalue weighted by molar-refractivity contribution is -0.0498. The molecule has 0 aliphatic carbocycles. The van der Waals surface area contributed by atoms with E-state index in [4.69, 9.17) is 0 Å². The maximum atomic E-state index is 12.0. The van der Waals surface area contributed by atoms with Gasteiger partial charge in [-0.15, -0.1) is 0 Å². The minimum atomic E-state index is -2.77. The summed E-state index contributed by atoms with van der Waals surface area (Å²) in [7, 11) is 4.14. The van der Waals surface area contributed by atoms with Crippen LogP contribution in [0.2, 0.25) is 0 Å². The van der Waals surface area contributed by atoms with Gasteiger partial charge in [-0.05, 0) is 58.5 Å². The number of nitrogens with one attached hydrogen (secondary N) is 1. The second kappa shape index (κ2) is 8.95. The Hall–Kier alpha value is -1.20. The van der Waals surface area contributed by atoms with E-state index in [1.807, 2.05) is 12.1 Å². The number of likely N-dealkylation sites (N-methyl/N-ethyl adjacent to an activating group) is 1. The highest BCUT2D eigenvalue weighted by Crippen LogP contribution is 2.16. The van der Waals surface area contributed by atoms with Crippen LogP contribution in [-0.2, 0) is 6.42 Å². The van der Waals surface area contributed by atoms with Crippen LogP contribution in [-0.4, -0.2) is 44.2 Å². The molecule has 0 radical (unpaired) electrons. The highest BCUT2D eigenvalue weighted by atomic mass is 19.3. The number of rotatable bonds is 9. The molecule has 0 fully saturated rings. The fourth-order valence-corrected chi connectivity index (χ4v) is 1.88. The van der Waals surface area contributed by atoms with E-state index in [1.54, 1.807) is 12.1 Å². The molecule has 0 aromatic heterocycles. The van der Waals surface area contributed by atoms with E-state index in [9.17, 15) is 8.78 Å². The lowest BCUT2D eigenvalue weighted by Gasteiger charge is -2.22. The zero-order valence-corrected chi connectivity index (χ0v) is 13.3. The van der Waals surface area contributed by atoms with Crippen LogP contribution in [0.3, 0.4) is 0 Å². The highest BCUT2D eigenvalue weighted by Gasteiger charge is 2.08. The highest BCUT2D eigenvalue weighted by molar-refractivity contribution is 5.27. The van der Waals surface area contributed by atoms with Crippen molar-refractivity contribution in [3.63, 3.8) is 0 Å². The van der Waals surface area contributed by atoms with E-state index in [1.165, 1.54) is 0 Å². The average molecular weight is 300 g/mol. The van der Waals surface area contributed by atoms with Crippen LogP contribution < -0.4 is 10.1 Å². The first-order valence-electron chi connectivity index (χ1n) is 7.32. The van der Waals surface area contributed by atoms with Gasteiger partial charge in [0, 0.05) is 18.6 Å². The Kier molecular flexibility index (Phi) is 7.61. The van der Waals surface area contributed by atoms with Crippen LogP contribution in [0.25, 0.3) is 0 Å². The summed E-state index contributed by atoms with van der Waals surface area (Å²) in [5, 5.41) is 3.51. The third-order valence-corrected chi connectivity index (χ3v) is 3.66. The molecule has 120 valence electrons. The molecule has 0 heterocycles. The van der Waals surface area contributed by atoms with Crippen LogP contribution >= 0.6 is 0 Å². The van der Waals surface area contributed by atoms with Crippen LogP contribution in [0.4, 0.5) is 8.78 Å². The monoisotopic (exact) mass is 300 g/mol. The normalized spacial score (nSPS) is 14.5. The van der Waals surface area contributed by atoms with Gasteiger partial charge in [0.2, 0.25) is 0 Å². The molecular weight excluding hydrogens is 274 g/mol. The van der Waals surface area contributed by atoms with Crippen LogP contribution in [0.15, 0.2) is 24.3 Å². The maximum Gasteiger partial charge on any atom is 0.387 e. The van der Waals surface area contributed by atoms with Crippen molar-refractivity contribution < 1.29 is 13.5 Å². The van der Waals surface area contributed by atoms with Crippen molar-refractivity contribution in [2.75, 3.05) is 20.6 Å². The fraction of sp³-hybridized carbons (Fsp3) is 0.625. The smallest absolute Gasteiger partial charge is 0.387 e. The summed E-state index contributed by atoms with van der Waals surface area (Å²) in [6.07, 6.45) is 1.93. The molecule has 0 bridgehead atoms. The van der Waals surface area contributed by atoms with Gasteiger partial charge >= 0.3 is 6.61 Å². The van der Waals surface area contributed by atoms with Gasteiger partial charge in [-0.3, -0.25) is 0 Å². The lowest BCUT2D eigenvalue weighted by atomic mass is 10.1.